The Bertz CT molecular complexity index is 911. The van der Waals surface area contributed by atoms with Crippen LogP contribution in [0.25, 0.3) is 0 Å². The zero-order valence-corrected chi connectivity index (χ0v) is 16.0. The number of nitrogens with two attached hydrogens (primary N) is 1. The van der Waals surface area contributed by atoms with Crippen LogP contribution in [0.2, 0.25) is 0 Å². The molecule has 0 aliphatic carbocycles. The summed E-state index contributed by atoms with van der Waals surface area (Å²) in [5.74, 6) is -0.947. The second-order valence-corrected chi connectivity index (χ2v) is 7.58. The molecule has 0 bridgehead atoms. The molecule has 1 aliphatic heterocycles. The van der Waals surface area contributed by atoms with Gasteiger partial charge < -0.3 is 20.7 Å². The Hall–Kier alpha value is -3.36. The maximum Gasteiger partial charge on any atom is 0.410 e. The van der Waals surface area contributed by atoms with E-state index in [1.807, 2.05) is 0 Å². The van der Waals surface area contributed by atoms with E-state index in [9.17, 15) is 14.4 Å². The van der Waals surface area contributed by atoms with Gasteiger partial charge in [0.05, 0.1) is 6.54 Å². The van der Waals surface area contributed by atoms with Crippen LogP contribution in [-0.2, 0) is 17.7 Å². The third-order valence-corrected chi connectivity index (χ3v) is 4.23. The molecule has 9 nitrogen and oxygen atoms in total. The van der Waals surface area contributed by atoms with E-state index in [2.05, 4.69) is 15.5 Å². The minimum atomic E-state index is -0.592. The number of H-pyrrole nitrogens is 1. The smallest absolute Gasteiger partial charge is 0.410 e. The summed E-state index contributed by atoms with van der Waals surface area (Å²) in [7, 11) is 0. The van der Waals surface area contributed by atoms with Crippen molar-refractivity contribution in [2.24, 2.45) is 5.73 Å². The lowest BCUT2D eigenvalue weighted by Crippen LogP contribution is -2.40. The molecule has 3 amide bonds. The molecule has 28 heavy (non-hydrogen) atoms. The predicted octanol–water partition coefficient (Wildman–Crippen LogP) is 2.05. The topological polar surface area (TPSA) is 130 Å². The van der Waals surface area contributed by atoms with E-state index in [4.69, 9.17) is 10.5 Å². The molecule has 0 saturated carbocycles. The highest BCUT2D eigenvalue weighted by molar-refractivity contribution is 6.04. The maximum absolute atomic E-state index is 12.7. The quantitative estimate of drug-likeness (QED) is 0.744. The summed E-state index contributed by atoms with van der Waals surface area (Å²) in [4.78, 5) is 37.7. The molecule has 1 aromatic heterocycles. The van der Waals surface area contributed by atoms with Gasteiger partial charge in [-0.3, -0.25) is 14.7 Å². The largest absolute Gasteiger partial charge is 0.444 e. The number of carbonyl (C=O) groups excluding carboxylic acids is 3. The molecule has 2 aromatic rings. The molecule has 0 fully saturated rings. The summed E-state index contributed by atoms with van der Waals surface area (Å²) in [5, 5.41) is 9.73. The number of hydrogen-bond acceptors (Lipinski definition) is 5. The van der Waals surface area contributed by atoms with Gasteiger partial charge in [-0.15, -0.1) is 0 Å². The fourth-order valence-electron chi connectivity index (χ4n) is 2.87. The van der Waals surface area contributed by atoms with Gasteiger partial charge in [-0.1, -0.05) is 0 Å². The molecular formula is C19H23N5O4. The van der Waals surface area contributed by atoms with E-state index in [1.165, 1.54) is 12.1 Å². The number of primary amides is 1. The van der Waals surface area contributed by atoms with E-state index >= 15 is 0 Å². The van der Waals surface area contributed by atoms with Crippen molar-refractivity contribution >= 4 is 23.6 Å². The summed E-state index contributed by atoms with van der Waals surface area (Å²) in [6.07, 6.45) is 0.134. The molecule has 0 spiro atoms. The summed E-state index contributed by atoms with van der Waals surface area (Å²) in [5.41, 5.74) is 7.20. The first kappa shape index (κ1) is 19.4. The van der Waals surface area contributed by atoms with Gasteiger partial charge in [-0.2, -0.15) is 5.10 Å². The number of fused-ring (bicyclic) bond motifs is 1. The molecule has 1 aliphatic rings. The van der Waals surface area contributed by atoms with Crippen LogP contribution >= 0.6 is 0 Å². The summed E-state index contributed by atoms with van der Waals surface area (Å²) in [6.45, 7) is 6.14. The molecule has 148 valence electrons. The van der Waals surface area contributed by atoms with E-state index in [0.717, 1.165) is 5.69 Å². The Morgan fingerprint density at radius 3 is 2.50 bits per heavy atom. The van der Waals surface area contributed by atoms with Crippen LogP contribution < -0.4 is 11.1 Å². The van der Waals surface area contributed by atoms with Gasteiger partial charge in [-0.05, 0) is 45.0 Å². The van der Waals surface area contributed by atoms with Crippen molar-refractivity contribution in [1.29, 1.82) is 0 Å². The summed E-state index contributed by atoms with van der Waals surface area (Å²) < 4.78 is 5.41. The fraction of sp³-hybridized carbons (Fsp3) is 0.368. The minimum absolute atomic E-state index is 0.224. The number of nitrogens with zero attached hydrogens (tertiary/aromatic N) is 2. The number of aromatic nitrogens is 2. The first-order chi connectivity index (χ1) is 13.1. The Labute approximate surface area is 162 Å². The Kier molecular flexibility index (Phi) is 5.08. The van der Waals surface area contributed by atoms with Crippen molar-refractivity contribution < 1.29 is 19.1 Å². The third kappa shape index (κ3) is 4.30. The lowest BCUT2D eigenvalue weighted by atomic mass is 10.1. The van der Waals surface area contributed by atoms with Gasteiger partial charge in [0.15, 0.2) is 5.69 Å². The van der Waals surface area contributed by atoms with Crippen LogP contribution in [0.5, 0.6) is 0 Å². The average molecular weight is 385 g/mol. The molecule has 0 atom stereocenters. The normalized spacial score (nSPS) is 13.6. The number of benzene rings is 1. The summed E-state index contributed by atoms with van der Waals surface area (Å²) in [6, 6.07) is 6.23. The lowest BCUT2D eigenvalue weighted by Gasteiger charge is -2.30. The van der Waals surface area contributed by atoms with Crippen molar-refractivity contribution in [3.63, 3.8) is 0 Å². The number of rotatable bonds is 3. The predicted molar refractivity (Wildman–Crippen MR) is 102 cm³/mol. The van der Waals surface area contributed by atoms with Crippen molar-refractivity contribution in [3.05, 3.63) is 46.8 Å². The molecule has 3 rings (SSSR count). The highest BCUT2D eigenvalue weighted by Gasteiger charge is 2.30. The molecular weight excluding hydrogens is 362 g/mol. The van der Waals surface area contributed by atoms with E-state index in [1.54, 1.807) is 37.8 Å². The lowest BCUT2D eigenvalue weighted by molar-refractivity contribution is 0.0222. The number of hydrogen-bond donors (Lipinski definition) is 3. The number of anilines is 1. The number of amides is 3. The second kappa shape index (κ2) is 7.34. The van der Waals surface area contributed by atoms with Crippen LogP contribution in [0.1, 0.15) is 52.9 Å². The SMILES string of the molecule is CC(C)(C)OC(=O)N1CCc2[nH]nc(C(=O)Nc3ccc(C(N)=O)cc3)c2C1. The Morgan fingerprint density at radius 1 is 1.21 bits per heavy atom. The van der Waals surface area contributed by atoms with E-state index in [-0.39, 0.29) is 12.2 Å². The highest BCUT2D eigenvalue weighted by atomic mass is 16.6. The van der Waals surface area contributed by atoms with E-state index < -0.39 is 23.5 Å². The van der Waals surface area contributed by atoms with Crippen molar-refractivity contribution in [1.82, 2.24) is 15.1 Å². The third-order valence-electron chi connectivity index (χ3n) is 4.23. The molecule has 0 saturated heterocycles. The summed E-state index contributed by atoms with van der Waals surface area (Å²) >= 11 is 0. The van der Waals surface area contributed by atoms with Gasteiger partial charge in [0.2, 0.25) is 5.91 Å². The van der Waals surface area contributed by atoms with Gasteiger partial charge in [-0.25, -0.2) is 4.79 Å². The Balaban J connectivity index is 1.73. The van der Waals surface area contributed by atoms with Gasteiger partial charge in [0.1, 0.15) is 5.60 Å². The first-order valence-electron chi connectivity index (χ1n) is 8.89. The maximum atomic E-state index is 12.7. The van der Waals surface area contributed by atoms with Crippen molar-refractivity contribution in [3.8, 4) is 0 Å². The van der Waals surface area contributed by atoms with Crippen molar-refractivity contribution in [2.45, 2.75) is 39.3 Å². The van der Waals surface area contributed by atoms with Crippen molar-refractivity contribution in [2.75, 3.05) is 11.9 Å². The zero-order valence-electron chi connectivity index (χ0n) is 16.0. The van der Waals surface area contributed by atoms with Crippen LogP contribution in [0, 0.1) is 0 Å². The van der Waals surface area contributed by atoms with Crippen LogP contribution in [0.3, 0.4) is 0 Å². The van der Waals surface area contributed by atoms with Gasteiger partial charge in [0.25, 0.3) is 5.91 Å². The number of carbonyl (C=O) groups is 3. The number of nitrogens with one attached hydrogen (secondary N) is 2. The average Bonchev–Trinajstić information content (AvgIpc) is 3.04. The monoisotopic (exact) mass is 385 g/mol. The standard InChI is InChI=1S/C19H23N5O4/c1-19(2,3)28-18(27)24-9-8-14-13(10-24)15(23-22-14)17(26)21-12-6-4-11(5-7-12)16(20)25/h4-7H,8-10H2,1-3H3,(H2,20,25)(H,21,26)(H,22,23). The molecule has 1 aromatic carbocycles. The van der Waals surface area contributed by atoms with Crippen LogP contribution in [-0.4, -0.2) is 45.2 Å². The fourth-order valence-corrected chi connectivity index (χ4v) is 2.87. The van der Waals surface area contributed by atoms with Gasteiger partial charge >= 0.3 is 6.09 Å². The minimum Gasteiger partial charge on any atom is -0.444 e. The molecule has 0 radical (unpaired) electrons. The highest BCUT2D eigenvalue weighted by Crippen LogP contribution is 2.23. The number of aromatic amines is 1. The van der Waals surface area contributed by atoms with Crippen LogP contribution in [0.4, 0.5) is 10.5 Å². The number of ether oxygens (including phenoxy) is 1. The second-order valence-electron chi connectivity index (χ2n) is 7.58. The molecule has 2 heterocycles. The van der Waals surface area contributed by atoms with Gasteiger partial charge in [0, 0.05) is 35.5 Å². The van der Waals surface area contributed by atoms with E-state index in [0.29, 0.717) is 29.8 Å². The molecule has 9 heteroatoms. The van der Waals surface area contributed by atoms with Crippen LogP contribution in [0.15, 0.2) is 24.3 Å². The first-order valence-corrected chi connectivity index (χ1v) is 8.89. The molecule has 0 unspecified atom stereocenters. The molecule has 4 N–H and O–H groups in total. The zero-order chi connectivity index (χ0) is 20.5. The Morgan fingerprint density at radius 2 is 1.89 bits per heavy atom.